The summed E-state index contributed by atoms with van der Waals surface area (Å²) in [4.78, 5) is 16.2. The summed E-state index contributed by atoms with van der Waals surface area (Å²) >= 11 is 0. The molecular weight excluding hydrogens is 309 g/mol. The Labute approximate surface area is 138 Å². The lowest BCUT2D eigenvalue weighted by atomic mass is 10.1. The molecule has 0 atom stereocenters. The van der Waals surface area contributed by atoms with Crippen LogP contribution in [0.2, 0.25) is 0 Å². The lowest BCUT2D eigenvalue weighted by Gasteiger charge is -2.04. The third-order valence-corrected chi connectivity index (χ3v) is 3.49. The smallest absolute Gasteiger partial charge is 0.251 e. The summed E-state index contributed by atoms with van der Waals surface area (Å²) in [5.41, 5.74) is 1.91. The van der Waals surface area contributed by atoms with Crippen LogP contribution in [0.1, 0.15) is 21.8 Å². The Morgan fingerprint density at radius 1 is 1.21 bits per heavy atom. The quantitative estimate of drug-likeness (QED) is 0.782. The van der Waals surface area contributed by atoms with E-state index < -0.39 is 5.82 Å². The van der Waals surface area contributed by atoms with Crippen molar-refractivity contribution in [1.82, 2.24) is 15.5 Å². The second-order valence-electron chi connectivity index (χ2n) is 5.37. The Morgan fingerprint density at radius 2 is 2.04 bits per heavy atom. The monoisotopic (exact) mass is 325 g/mol. The van der Waals surface area contributed by atoms with Crippen LogP contribution in [0.25, 0.3) is 11.4 Å². The van der Waals surface area contributed by atoms with Crippen LogP contribution in [-0.4, -0.2) is 22.6 Å². The maximum absolute atomic E-state index is 13.7. The molecule has 0 unspecified atom stereocenters. The standard InChI is InChI=1S/C18H16FN3O2/c1-12-5-4-6-13(11-12)18(23)20-10-9-16-21-17(22-24-16)14-7-2-3-8-15(14)19/h2-8,11H,9-10H2,1H3,(H,20,23). The Balaban J connectivity index is 1.58. The largest absolute Gasteiger partial charge is 0.352 e. The van der Waals surface area contributed by atoms with Crippen LogP contribution in [0, 0.1) is 12.7 Å². The van der Waals surface area contributed by atoms with Crippen molar-refractivity contribution in [3.63, 3.8) is 0 Å². The maximum Gasteiger partial charge on any atom is 0.251 e. The van der Waals surface area contributed by atoms with Gasteiger partial charge in [0, 0.05) is 18.5 Å². The van der Waals surface area contributed by atoms with E-state index in [0.717, 1.165) is 5.56 Å². The predicted molar refractivity (Wildman–Crippen MR) is 86.9 cm³/mol. The zero-order chi connectivity index (χ0) is 16.9. The van der Waals surface area contributed by atoms with Gasteiger partial charge in [0.25, 0.3) is 5.91 Å². The molecule has 2 aromatic carbocycles. The van der Waals surface area contributed by atoms with Crippen LogP contribution in [-0.2, 0) is 6.42 Å². The first kappa shape index (κ1) is 15.9. The van der Waals surface area contributed by atoms with E-state index >= 15 is 0 Å². The van der Waals surface area contributed by atoms with Gasteiger partial charge < -0.3 is 9.84 Å². The highest BCUT2D eigenvalue weighted by Gasteiger charge is 2.12. The van der Waals surface area contributed by atoms with Gasteiger partial charge in [0.05, 0.1) is 5.56 Å². The lowest BCUT2D eigenvalue weighted by Crippen LogP contribution is -2.25. The molecule has 0 aliphatic rings. The van der Waals surface area contributed by atoms with Gasteiger partial charge in [-0.05, 0) is 31.2 Å². The van der Waals surface area contributed by atoms with Crippen LogP contribution in [0.15, 0.2) is 53.1 Å². The minimum atomic E-state index is -0.405. The lowest BCUT2D eigenvalue weighted by molar-refractivity contribution is 0.0953. The Morgan fingerprint density at radius 3 is 2.83 bits per heavy atom. The van der Waals surface area contributed by atoms with Gasteiger partial charge in [0.15, 0.2) is 0 Å². The number of carbonyl (C=O) groups excluding carboxylic acids is 1. The summed E-state index contributed by atoms with van der Waals surface area (Å²) in [5, 5.41) is 6.57. The van der Waals surface area contributed by atoms with Gasteiger partial charge in [-0.2, -0.15) is 4.98 Å². The first-order valence-electron chi connectivity index (χ1n) is 7.56. The number of aromatic nitrogens is 2. The predicted octanol–water partition coefficient (Wildman–Crippen LogP) is 3.16. The number of benzene rings is 2. The number of halogens is 1. The zero-order valence-electron chi connectivity index (χ0n) is 13.1. The SMILES string of the molecule is Cc1cccc(C(=O)NCCc2nc(-c3ccccc3F)no2)c1. The van der Waals surface area contributed by atoms with Gasteiger partial charge in [-0.1, -0.05) is 35.0 Å². The van der Waals surface area contributed by atoms with E-state index in [-0.39, 0.29) is 17.3 Å². The Kier molecular flexibility index (Phi) is 4.65. The molecule has 3 aromatic rings. The molecule has 5 nitrogen and oxygen atoms in total. The van der Waals surface area contributed by atoms with Crippen molar-refractivity contribution >= 4 is 5.91 Å². The normalized spacial score (nSPS) is 10.6. The van der Waals surface area contributed by atoms with E-state index in [9.17, 15) is 9.18 Å². The van der Waals surface area contributed by atoms with Crippen LogP contribution < -0.4 is 5.32 Å². The van der Waals surface area contributed by atoms with Gasteiger partial charge in [0.2, 0.25) is 11.7 Å². The Hall–Kier alpha value is -3.02. The average Bonchev–Trinajstić information content (AvgIpc) is 3.04. The van der Waals surface area contributed by atoms with E-state index in [4.69, 9.17) is 4.52 Å². The molecule has 0 fully saturated rings. The number of nitrogens with zero attached hydrogens (tertiary/aromatic N) is 2. The number of hydrogen-bond acceptors (Lipinski definition) is 4. The van der Waals surface area contributed by atoms with Gasteiger partial charge in [-0.15, -0.1) is 0 Å². The summed E-state index contributed by atoms with van der Waals surface area (Å²) in [6.45, 7) is 2.28. The molecule has 6 heteroatoms. The van der Waals surface area contributed by atoms with Crippen molar-refractivity contribution in [2.24, 2.45) is 0 Å². The third-order valence-electron chi connectivity index (χ3n) is 3.49. The van der Waals surface area contributed by atoms with E-state index in [1.54, 1.807) is 24.3 Å². The first-order valence-corrected chi connectivity index (χ1v) is 7.56. The molecule has 24 heavy (non-hydrogen) atoms. The summed E-state index contributed by atoms with van der Waals surface area (Å²) in [6, 6.07) is 13.6. The second kappa shape index (κ2) is 7.04. The number of rotatable bonds is 5. The van der Waals surface area contributed by atoms with Crippen molar-refractivity contribution in [1.29, 1.82) is 0 Å². The molecule has 0 radical (unpaired) electrons. The van der Waals surface area contributed by atoms with E-state index in [1.165, 1.54) is 6.07 Å². The minimum Gasteiger partial charge on any atom is -0.352 e. The second-order valence-corrected chi connectivity index (χ2v) is 5.37. The molecule has 0 saturated carbocycles. The molecule has 1 amide bonds. The van der Waals surface area contributed by atoms with Crippen molar-refractivity contribution in [2.75, 3.05) is 6.54 Å². The van der Waals surface area contributed by atoms with Gasteiger partial charge in [0.1, 0.15) is 5.82 Å². The van der Waals surface area contributed by atoms with Crippen LogP contribution in [0.3, 0.4) is 0 Å². The summed E-state index contributed by atoms with van der Waals surface area (Å²) in [6.07, 6.45) is 0.374. The molecular formula is C18H16FN3O2. The number of amides is 1. The van der Waals surface area contributed by atoms with E-state index in [2.05, 4.69) is 15.5 Å². The number of nitrogens with one attached hydrogen (secondary N) is 1. The fourth-order valence-corrected chi connectivity index (χ4v) is 2.28. The molecule has 0 aliphatic heterocycles. The minimum absolute atomic E-state index is 0.160. The Bertz CT molecular complexity index is 861. The molecule has 1 heterocycles. The molecule has 122 valence electrons. The molecule has 0 saturated heterocycles. The highest BCUT2D eigenvalue weighted by molar-refractivity contribution is 5.94. The van der Waals surface area contributed by atoms with Crippen LogP contribution >= 0.6 is 0 Å². The van der Waals surface area contributed by atoms with Crippen molar-refractivity contribution in [3.8, 4) is 11.4 Å². The van der Waals surface area contributed by atoms with E-state index in [0.29, 0.717) is 24.4 Å². The summed E-state index contributed by atoms with van der Waals surface area (Å²) in [7, 11) is 0. The first-order chi connectivity index (χ1) is 11.6. The number of carbonyl (C=O) groups is 1. The summed E-state index contributed by atoms with van der Waals surface area (Å²) < 4.78 is 18.8. The van der Waals surface area contributed by atoms with E-state index in [1.807, 2.05) is 25.1 Å². The van der Waals surface area contributed by atoms with Gasteiger partial charge in [-0.25, -0.2) is 4.39 Å². The molecule has 3 rings (SSSR count). The summed E-state index contributed by atoms with van der Waals surface area (Å²) in [5.74, 6) is -0.0175. The average molecular weight is 325 g/mol. The topological polar surface area (TPSA) is 68.0 Å². The van der Waals surface area contributed by atoms with Crippen molar-refractivity contribution in [2.45, 2.75) is 13.3 Å². The van der Waals surface area contributed by atoms with Gasteiger partial charge in [-0.3, -0.25) is 4.79 Å². The van der Waals surface area contributed by atoms with Crippen molar-refractivity contribution < 1.29 is 13.7 Å². The highest BCUT2D eigenvalue weighted by atomic mass is 19.1. The van der Waals surface area contributed by atoms with Crippen molar-refractivity contribution in [3.05, 3.63) is 71.4 Å². The molecule has 0 spiro atoms. The fraction of sp³-hybridized carbons (Fsp3) is 0.167. The molecule has 1 aromatic heterocycles. The van der Waals surface area contributed by atoms with Crippen LogP contribution in [0.4, 0.5) is 4.39 Å². The van der Waals surface area contributed by atoms with Gasteiger partial charge >= 0.3 is 0 Å². The molecule has 1 N–H and O–H groups in total. The number of hydrogen-bond donors (Lipinski definition) is 1. The third kappa shape index (κ3) is 3.65. The maximum atomic E-state index is 13.7. The zero-order valence-corrected chi connectivity index (χ0v) is 13.1. The number of aryl methyl sites for hydroxylation is 1. The molecule has 0 aliphatic carbocycles. The molecule has 0 bridgehead atoms. The fourth-order valence-electron chi connectivity index (χ4n) is 2.28. The highest BCUT2D eigenvalue weighted by Crippen LogP contribution is 2.19. The van der Waals surface area contributed by atoms with Crippen LogP contribution in [0.5, 0.6) is 0 Å².